The molecule has 0 aromatic heterocycles. The molecule has 3 atom stereocenters. The van der Waals surface area contributed by atoms with Crippen LogP contribution in [0.4, 0.5) is 0 Å². The van der Waals surface area contributed by atoms with Crippen molar-refractivity contribution in [1.29, 1.82) is 0 Å². The predicted molar refractivity (Wildman–Crippen MR) is 101 cm³/mol. The Morgan fingerprint density at radius 3 is 2.38 bits per heavy atom. The van der Waals surface area contributed by atoms with Crippen molar-refractivity contribution in [2.75, 3.05) is 20.2 Å². The number of fused-ring (bicyclic) bond motifs is 1. The molecule has 1 aliphatic carbocycles. The molecular formula is C22H27NO3. The third-order valence-corrected chi connectivity index (χ3v) is 5.67. The lowest BCUT2D eigenvalue weighted by atomic mass is 10.0. The molecule has 4 nitrogen and oxygen atoms in total. The molecule has 1 saturated carbocycles. The lowest BCUT2D eigenvalue weighted by Crippen LogP contribution is -2.22. The highest BCUT2D eigenvalue weighted by Crippen LogP contribution is 2.39. The molecule has 1 N–H and O–H groups in total. The molecule has 2 aromatic carbocycles. The zero-order valence-corrected chi connectivity index (χ0v) is 15.3. The first-order chi connectivity index (χ1) is 12.7. The van der Waals surface area contributed by atoms with E-state index in [0.29, 0.717) is 18.4 Å². The van der Waals surface area contributed by atoms with Gasteiger partial charge in [-0.25, -0.2) is 0 Å². The second-order valence-electron chi connectivity index (χ2n) is 7.60. The second-order valence-corrected chi connectivity index (χ2v) is 7.60. The molecule has 1 heterocycles. The van der Waals surface area contributed by atoms with Crippen LogP contribution in [-0.4, -0.2) is 36.3 Å². The molecule has 0 bridgehead atoms. The Hall–Kier alpha value is -2.04. The fraction of sp³-hybridized carbons (Fsp3) is 0.455. The molecule has 2 aromatic rings. The number of hydrogen-bond donors (Lipinski definition) is 1. The van der Waals surface area contributed by atoms with E-state index in [9.17, 15) is 5.11 Å². The van der Waals surface area contributed by atoms with Gasteiger partial charge in [0.25, 0.3) is 0 Å². The summed E-state index contributed by atoms with van der Waals surface area (Å²) in [4.78, 5) is 2.50. The standard InChI is InChI=1S/C22H27NO3/c1-25-21-8-7-17(9-22(21)26-15-16-5-3-2-4-6-16)12-23-13-18-10-20(24)11-19(18)14-23/h2-9,18-20,24H,10-15H2,1H3/t18-,19+,20?. The Labute approximate surface area is 155 Å². The summed E-state index contributed by atoms with van der Waals surface area (Å²) in [6.07, 6.45) is 1.86. The number of nitrogens with zero attached hydrogens (tertiary/aromatic N) is 1. The minimum atomic E-state index is -0.0777. The van der Waals surface area contributed by atoms with Crippen molar-refractivity contribution >= 4 is 0 Å². The summed E-state index contributed by atoms with van der Waals surface area (Å²) in [6, 6.07) is 16.4. The van der Waals surface area contributed by atoms with Crippen molar-refractivity contribution in [3.63, 3.8) is 0 Å². The molecule has 1 aliphatic heterocycles. The Kier molecular flexibility index (Phi) is 5.14. The monoisotopic (exact) mass is 353 g/mol. The predicted octanol–water partition coefficient (Wildman–Crippen LogP) is 3.48. The van der Waals surface area contributed by atoms with E-state index in [2.05, 4.69) is 29.2 Å². The third-order valence-electron chi connectivity index (χ3n) is 5.67. The highest BCUT2D eigenvalue weighted by Gasteiger charge is 2.39. The van der Waals surface area contributed by atoms with Crippen LogP contribution in [0.25, 0.3) is 0 Å². The number of likely N-dealkylation sites (tertiary alicyclic amines) is 1. The van der Waals surface area contributed by atoms with Crippen LogP contribution < -0.4 is 9.47 Å². The molecule has 0 radical (unpaired) electrons. The fourth-order valence-corrected chi connectivity index (χ4v) is 4.42. The van der Waals surface area contributed by atoms with Gasteiger partial charge in [0, 0.05) is 19.6 Å². The summed E-state index contributed by atoms with van der Waals surface area (Å²) < 4.78 is 11.5. The van der Waals surface area contributed by atoms with Gasteiger partial charge in [-0.2, -0.15) is 0 Å². The van der Waals surface area contributed by atoms with E-state index in [1.165, 1.54) is 5.56 Å². The molecule has 26 heavy (non-hydrogen) atoms. The van der Waals surface area contributed by atoms with E-state index in [-0.39, 0.29) is 6.10 Å². The zero-order chi connectivity index (χ0) is 17.9. The first kappa shape index (κ1) is 17.4. The minimum Gasteiger partial charge on any atom is -0.493 e. The topological polar surface area (TPSA) is 41.9 Å². The maximum atomic E-state index is 9.81. The van der Waals surface area contributed by atoms with Crippen LogP contribution in [0.2, 0.25) is 0 Å². The molecule has 1 saturated heterocycles. The molecule has 138 valence electrons. The van der Waals surface area contributed by atoms with Gasteiger partial charge in [-0.05, 0) is 47.9 Å². The quantitative estimate of drug-likeness (QED) is 0.863. The SMILES string of the molecule is COc1ccc(CN2C[C@H]3CC(O)C[C@H]3C2)cc1OCc1ccccc1. The van der Waals surface area contributed by atoms with Crippen molar-refractivity contribution in [3.05, 3.63) is 59.7 Å². The highest BCUT2D eigenvalue weighted by atomic mass is 16.5. The van der Waals surface area contributed by atoms with Gasteiger partial charge < -0.3 is 14.6 Å². The van der Waals surface area contributed by atoms with E-state index in [4.69, 9.17) is 9.47 Å². The van der Waals surface area contributed by atoms with Crippen LogP contribution in [0.3, 0.4) is 0 Å². The van der Waals surface area contributed by atoms with Crippen molar-refractivity contribution in [3.8, 4) is 11.5 Å². The van der Waals surface area contributed by atoms with Gasteiger partial charge in [-0.3, -0.25) is 4.90 Å². The number of rotatable bonds is 6. The van der Waals surface area contributed by atoms with Gasteiger partial charge in [0.2, 0.25) is 0 Å². The zero-order valence-electron chi connectivity index (χ0n) is 15.3. The summed E-state index contributed by atoms with van der Waals surface area (Å²) in [6.45, 7) is 3.64. The first-order valence-electron chi connectivity index (χ1n) is 9.45. The van der Waals surface area contributed by atoms with E-state index in [1.807, 2.05) is 24.3 Å². The lowest BCUT2D eigenvalue weighted by molar-refractivity contribution is 0.161. The van der Waals surface area contributed by atoms with Crippen molar-refractivity contribution in [2.24, 2.45) is 11.8 Å². The molecule has 4 heteroatoms. The van der Waals surface area contributed by atoms with Crippen LogP contribution in [0, 0.1) is 11.8 Å². The molecule has 4 rings (SSSR count). The van der Waals surface area contributed by atoms with E-state index in [0.717, 1.165) is 49.5 Å². The molecule has 0 spiro atoms. The van der Waals surface area contributed by atoms with Crippen LogP contribution in [0.5, 0.6) is 11.5 Å². The maximum absolute atomic E-state index is 9.81. The largest absolute Gasteiger partial charge is 0.493 e. The second kappa shape index (κ2) is 7.68. The minimum absolute atomic E-state index is 0.0777. The van der Waals surface area contributed by atoms with Crippen LogP contribution in [0.15, 0.2) is 48.5 Å². The third kappa shape index (κ3) is 3.87. The number of aliphatic hydroxyl groups excluding tert-OH is 1. The maximum Gasteiger partial charge on any atom is 0.161 e. The summed E-state index contributed by atoms with van der Waals surface area (Å²) in [5.41, 5.74) is 2.39. The Balaban J connectivity index is 1.41. The smallest absolute Gasteiger partial charge is 0.161 e. The average Bonchev–Trinajstić information content (AvgIpc) is 3.17. The first-order valence-corrected chi connectivity index (χ1v) is 9.45. The van der Waals surface area contributed by atoms with E-state index in [1.54, 1.807) is 7.11 Å². The Bertz CT molecular complexity index is 719. The number of ether oxygens (including phenoxy) is 2. The molecule has 1 unspecified atom stereocenters. The fourth-order valence-electron chi connectivity index (χ4n) is 4.42. The number of aliphatic hydroxyl groups is 1. The molecule has 0 amide bonds. The van der Waals surface area contributed by atoms with E-state index >= 15 is 0 Å². The Morgan fingerprint density at radius 1 is 0.962 bits per heavy atom. The van der Waals surface area contributed by atoms with Crippen LogP contribution in [0.1, 0.15) is 24.0 Å². The summed E-state index contributed by atoms with van der Waals surface area (Å²) in [5, 5.41) is 9.81. The van der Waals surface area contributed by atoms with Crippen molar-refractivity contribution in [1.82, 2.24) is 4.90 Å². The summed E-state index contributed by atoms with van der Waals surface area (Å²) in [7, 11) is 1.68. The van der Waals surface area contributed by atoms with Gasteiger partial charge in [0.05, 0.1) is 13.2 Å². The lowest BCUT2D eigenvalue weighted by Gasteiger charge is -2.19. The van der Waals surface area contributed by atoms with Crippen LogP contribution in [-0.2, 0) is 13.2 Å². The van der Waals surface area contributed by atoms with Gasteiger partial charge in [-0.1, -0.05) is 36.4 Å². The molecule has 2 aliphatic rings. The Morgan fingerprint density at radius 2 is 1.69 bits per heavy atom. The number of methoxy groups -OCH3 is 1. The van der Waals surface area contributed by atoms with Gasteiger partial charge in [0.15, 0.2) is 11.5 Å². The summed E-state index contributed by atoms with van der Waals surface area (Å²) in [5.74, 6) is 2.89. The van der Waals surface area contributed by atoms with Crippen LogP contribution >= 0.6 is 0 Å². The van der Waals surface area contributed by atoms with Crippen molar-refractivity contribution < 1.29 is 14.6 Å². The molecular weight excluding hydrogens is 326 g/mol. The van der Waals surface area contributed by atoms with Gasteiger partial charge >= 0.3 is 0 Å². The normalized spacial score (nSPS) is 25.2. The number of benzene rings is 2. The van der Waals surface area contributed by atoms with Gasteiger partial charge in [-0.15, -0.1) is 0 Å². The van der Waals surface area contributed by atoms with Gasteiger partial charge in [0.1, 0.15) is 6.61 Å². The van der Waals surface area contributed by atoms with E-state index < -0.39 is 0 Å². The van der Waals surface area contributed by atoms with Crippen molar-refractivity contribution in [2.45, 2.75) is 32.1 Å². The highest BCUT2D eigenvalue weighted by molar-refractivity contribution is 5.43. The number of hydrogen-bond acceptors (Lipinski definition) is 4. The average molecular weight is 353 g/mol. The summed E-state index contributed by atoms with van der Waals surface area (Å²) >= 11 is 0. The molecule has 2 fully saturated rings.